The lowest BCUT2D eigenvalue weighted by molar-refractivity contribution is -0.142. The predicted octanol–water partition coefficient (Wildman–Crippen LogP) is 1.86. The van der Waals surface area contributed by atoms with Gasteiger partial charge in [-0.15, -0.1) is 0 Å². The molecule has 4 rings (SSSR count). The number of benzene rings is 2. The zero-order chi connectivity index (χ0) is 22.1. The lowest BCUT2D eigenvalue weighted by atomic mass is 9.99. The zero-order valence-electron chi connectivity index (χ0n) is 17.1. The van der Waals surface area contributed by atoms with E-state index in [1.165, 1.54) is 7.11 Å². The van der Waals surface area contributed by atoms with Crippen LogP contribution in [-0.2, 0) is 27.3 Å². The highest BCUT2D eigenvalue weighted by Crippen LogP contribution is 2.44. The summed E-state index contributed by atoms with van der Waals surface area (Å²) in [6.07, 6.45) is 1.26. The minimum Gasteiger partial charge on any atom is -0.481 e. The fourth-order valence-electron chi connectivity index (χ4n) is 4.37. The van der Waals surface area contributed by atoms with Gasteiger partial charge in [0.1, 0.15) is 5.75 Å². The molecule has 8 heteroatoms. The van der Waals surface area contributed by atoms with Crippen LogP contribution >= 0.6 is 0 Å². The van der Waals surface area contributed by atoms with Gasteiger partial charge in [-0.25, -0.2) is 4.79 Å². The molecule has 1 atom stereocenters. The first kappa shape index (κ1) is 20.5. The summed E-state index contributed by atoms with van der Waals surface area (Å²) >= 11 is 0. The molecule has 1 aliphatic rings. The molecule has 1 heterocycles. The molecule has 0 fully saturated rings. The minimum atomic E-state index is -0.505. The highest BCUT2D eigenvalue weighted by molar-refractivity contribution is 5.98. The number of nitrogens with zero attached hydrogens (tertiary/aromatic N) is 1. The fourth-order valence-corrected chi connectivity index (χ4v) is 4.37. The van der Waals surface area contributed by atoms with Gasteiger partial charge in [0.2, 0.25) is 11.8 Å². The van der Waals surface area contributed by atoms with Crippen molar-refractivity contribution in [3.8, 4) is 5.75 Å². The van der Waals surface area contributed by atoms with Gasteiger partial charge in [-0.1, -0.05) is 24.3 Å². The monoisotopic (exact) mass is 421 g/mol. The number of rotatable bonds is 7. The summed E-state index contributed by atoms with van der Waals surface area (Å²) in [5.74, 6) is -1.38. The number of methoxy groups -OCH3 is 1. The van der Waals surface area contributed by atoms with E-state index in [2.05, 4.69) is 9.30 Å². The van der Waals surface area contributed by atoms with E-state index in [4.69, 9.17) is 16.2 Å². The van der Waals surface area contributed by atoms with Crippen LogP contribution in [0.3, 0.4) is 0 Å². The Bertz CT molecular complexity index is 1200. The molecule has 2 amide bonds. The highest BCUT2D eigenvalue weighted by Gasteiger charge is 2.34. The number of hydrogen-bond acceptors (Lipinski definition) is 5. The predicted molar refractivity (Wildman–Crippen MR) is 114 cm³/mol. The summed E-state index contributed by atoms with van der Waals surface area (Å²) in [5.41, 5.74) is 15.1. The Kier molecular flexibility index (Phi) is 5.37. The number of amides is 2. The van der Waals surface area contributed by atoms with Crippen LogP contribution in [0.2, 0.25) is 0 Å². The standard InChI is InChI=1S/C23H23N3O5/c1-30-19(27)12-31-18-8-4-7-16-21(18)20-15(23(25)29)9-10-17(20)26(16)11-13-5-2-3-6-14(13)22(24)28/h2-8,15H,9-12H2,1H3,(H2,24,28)(H2,25,29). The van der Waals surface area contributed by atoms with E-state index in [-0.39, 0.29) is 6.61 Å². The van der Waals surface area contributed by atoms with Gasteiger partial charge in [0.15, 0.2) is 6.61 Å². The summed E-state index contributed by atoms with van der Waals surface area (Å²) in [7, 11) is 1.29. The van der Waals surface area contributed by atoms with Gasteiger partial charge >= 0.3 is 5.97 Å². The van der Waals surface area contributed by atoms with Crippen molar-refractivity contribution in [2.45, 2.75) is 25.3 Å². The number of esters is 1. The number of ether oxygens (including phenoxy) is 2. The van der Waals surface area contributed by atoms with Crippen molar-refractivity contribution >= 4 is 28.7 Å². The van der Waals surface area contributed by atoms with E-state index in [1.54, 1.807) is 18.2 Å². The molecular formula is C23H23N3O5. The first-order chi connectivity index (χ1) is 14.9. The van der Waals surface area contributed by atoms with E-state index in [0.717, 1.165) is 27.7 Å². The van der Waals surface area contributed by atoms with Crippen molar-refractivity contribution < 1.29 is 23.9 Å². The van der Waals surface area contributed by atoms with Gasteiger partial charge in [-0.05, 0) is 42.2 Å². The second-order valence-electron chi connectivity index (χ2n) is 7.48. The first-order valence-electron chi connectivity index (χ1n) is 9.93. The number of carbonyl (C=O) groups is 3. The van der Waals surface area contributed by atoms with Crippen LogP contribution in [0.1, 0.15) is 39.5 Å². The molecule has 0 bridgehead atoms. The first-order valence-corrected chi connectivity index (χ1v) is 9.93. The Labute approximate surface area is 178 Å². The van der Waals surface area contributed by atoms with Crippen molar-refractivity contribution in [1.82, 2.24) is 4.57 Å². The third-order valence-electron chi connectivity index (χ3n) is 5.75. The van der Waals surface area contributed by atoms with Gasteiger partial charge in [0, 0.05) is 23.2 Å². The summed E-state index contributed by atoms with van der Waals surface area (Å²) in [5, 5.41) is 0.749. The summed E-state index contributed by atoms with van der Waals surface area (Å²) in [6, 6.07) is 12.7. The second-order valence-corrected chi connectivity index (χ2v) is 7.48. The lowest BCUT2D eigenvalue weighted by Gasteiger charge is -2.13. The van der Waals surface area contributed by atoms with Crippen LogP contribution in [0.5, 0.6) is 5.75 Å². The van der Waals surface area contributed by atoms with Gasteiger partial charge < -0.3 is 25.5 Å². The maximum absolute atomic E-state index is 12.2. The maximum atomic E-state index is 12.2. The average Bonchev–Trinajstić information content (AvgIpc) is 3.32. The quantitative estimate of drug-likeness (QED) is 0.563. The smallest absolute Gasteiger partial charge is 0.343 e. The van der Waals surface area contributed by atoms with Crippen LogP contribution in [-0.4, -0.2) is 36.1 Å². The van der Waals surface area contributed by atoms with Gasteiger partial charge in [-0.3, -0.25) is 9.59 Å². The average molecular weight is 421 g/mol. The fraction of sp³-hybridized carbons (Fsp3) is 0.261. The Morgan fingerprint density at radius 1 is 1.10 bits per heavy atom. The molecule has 3 aromatic rings. The molecule has 0 saturated carbocycles. The van der Waals surface area contributed by atoms with Gasteiger partial charge in [-0.2, -0.15) is 0 Å². The third kappa shape index (κ3) is 3.61. The zero-order valence-corrected chi connectivity index (χ0v) is 17.1. The molecular weight excluding hydrogens is 398 g/mol. The van der Waals surface area contributed by atoms with E-state index < -0.39 is 23.7 Å². The molecule has 0 saturated heterocycles. The Balaban J connectivity index is 1.88. The Hall–Kier alpha value is -3.81. The molecule has 1 aromatic heterocycles. The maximum Gasteiger partial charge on any atom is 0.343 e. The Morgan fingerprint density at radius 2 is 1.87 bits per heavy atom. The largest absolute Gasteiger partial charge is 0.481 e. The third-order valence-corrected chi connectivity index (χ3v) is 5.75. The molecule has 8 nitrogen and oxygen atoms in total. The number of fused-ring (bicyclic) bond motifs is 3. The SMILES string of the molecule is COC(=O)COc1cccc2c1c1c(n2Cc2ccccc2C(N)=O)CCC1C(N)=O. The molecule has 0 spiro atoms. The van der Waals surface area contributed by atoms with E-state index in [0.29, 0.717) is 30.7 Å². The number of carbonyl (C=O) groups excluding carboxylic acids is 3. The second kappa shape index (κ2) is 8.14. The van der Waals surface area contributed by atoms with Crippen LogP contribution < -0.4 is 16.2 Å². The van der Waals surface area contributed by atoms with E-state index in [1.807, 2.05) is 24.3 Å². The molecule has 1 unspecified atom stereocenters. The van der Waals surface area contributed by atoms with Crippen LogP contribution in [0, 0.1) is 0 Å². The van der Waals surface area contributed by atoms with Crippen molar-refractivity contribution in [2.24, 2.45) is 11.5 Å². The van der Waals surface area contributed by atoms with Crippen LogP contribution in [0.15, 0.2) is 42.5 Å². The normalized spacial score (nSPS) is 14.9. The minimum absolute atomic E-state index is 0.249. The summed E-state index contributed by atoms with van der Waals surface area (Å²) < 4.78 is 12.5. The van der Waals surface area contributed by atoms with E-state index >= 15 is 0 Å². The number of nitrogens with two attached hydrogens (primary N) is 2. The van der Waals surface area contributed by atoms with Gasteiger partial charge in [0.05, 0.1) is 18.5 Å². The van der Waals surface area contributed by atoms with Gasteiger partial charge in [0.25, 0.3) is 0 Å². The molecule has 0 aliphatic heterocycles. The van der Waals surface area contributed by atoms with Crippen LogP contribution in [0.4, 0.5) is 0 Å². The van der Waals surface area contributed by atoms with E-state index in [9.17, 15) is 14.4 Å². The van der Waals surface area contributed by atoms with Crippen LogP contribution in [0.25, 0.3) is 10.9 Å². The Morgan fingerprint density at radius 3 is 2.58 bits per heavy atom. The number of aromatic nitrogens is 1. The van der Waals surface area contributed by atoms with Crippen molar-refractivity contribution in [1.29, 1.82) is 0 Å². The van der Waals surface area contributed by atoms with Crippen molar-refractivity contribution in [3.05, 3.63) is 64.8 Å². The molecule has 0 radical (unpaired) electrons. The molecule has 1 aliphatic carbocycles. The summed E-state index contributed by atoms with van der Waals surface area (Å²) in [6.45, 7) is 0.151. The number of primary amides is 2. The van der Waals surface area contributed by atoms with Crippen molar-refractivity contribution in [2.75, 3.05) is 13.7 Å². The topological polar surface area (TPSA) is 127 Å². The summed E-state index contributed by atoms with van der Waals surface area (Å²) in [4.78, 5) is 35.7. The lowest BCUT2D eigenvalue weighted by Crippen LogP contribution is -2.19. The van der Waals surface area contributed by atoms with Crippen molar-refractivity contribution in [3.63, 3.8) is 0 Å². The molecule has 160 valence electrons. The molecule has 2 aromatic carbocycles. The molecule has 31 heavy (non-hydrogen) atoms. The number of hydrogen-bond donors (Lipinski definition) is 2. The molecule has 4 N–H and O–H groups in total. The highest BCUT2D eigenvalue weighted by atomic mass is 16.6.